The van der Waals surface area contributed by atoms with Gasteiger partial charge in [-0.2, -0.15) is 0 Å². The fraction of sp³-hybridized carbons (Fsp3) is 0.818. The van der Waals surface area contributed by atoms with Crippen LogP contribution in [0.5, 0.6) is 0 Å². The van der Waals surface area contributed by atoms with Gasteiger partial charge >= 0.3 is 5.97 Å². The van der Waals surface area contributed by atoms with Gasteiger partial charge in [0.2, 0.25) is 5.91 Å². The topological polar surface area (TPSA) is 75.6 Å². The summed E-state index contributed by atoms with van der Waals surface area (Å²) in [5, 5.41) is 11.4. The van der Waals surface area contributed by atoms with E-state index in [1.54, 1.807) is 6.92 Å². The molecule has 5 heteroatoms. The molecule has 0 aromatic heterocycles. The van der Waals surface area contributed by atoms with Crippen LogP contribution in [0.1, 0.15) is 33.6 Å². The van der Waals surface area contributed by atoms with Crippen LogP contribution in [0.3, 0.4) is 0 Å². The fourth-order valence-corrected chi connectivity index (χ4v) is 1.21. The van der Waals surface area contributed by atoms with Gasteiger partial charge in [0, 0.05) is 6.61 Å². The molecule has 0 bridgehead atoms. The summed E-state index contributed by atoms with van der Waals surface area (Å²) >= 11 is 0. The van der Waals surface area contributed by atoms with Gasteiger partial charge in [-0.05, 0) is 12.3 Å². The van der Waals surface area contributed by atoms with Crippen LogP contribution in [-0.4, -0.2) is 36.2 Å². The van der Waals surface area contributed by atoms with Crippen molar-refractivity contribution in [1.82, 2.24) is 5.32 Å². The van der Waals surface area contributed by atoms with Crippen molar-refractivity contribution in [3.63, 3.8) is 0 Å². The highest BCUT2D eigenvalue weighted by molar-refractivity contribution is 5.84. The molecule has 0 heterocycles. The minimum atomic E-state index is -1.00. The lowest BCUT2D eigenvalue weighted by Gasteiger charge is -2.19. The molecule has 0 aliphatic carbocycles. The number of rotatable bonds is 8. The predicted octanol–water partition coefficient (Wildman–Crippen LogP) is 1.03. The van der Waals surface area contributed by atoms with Gasteiger partial charge in [0.1, 0.15) is 12.6 Å². The van der Waals surface area contributed by atoms with E-state index < -0.39 is 12.0 Å². The third kappa shape index (κ3) is 5.70. The highest BCUT2D eigenvalue weighted by Crippen LogP contribution is 2.07. The van der Waals surface area contributed by atoms with Crippen LogP contribution in [0.15, 0.2) is 0 Å². The molecule has 16 heavy (non-hydrogen) atoms. The van der Waals surface area contributed by atoms with Gasteiger partial charge in [0.25, 0.3) is 0 Å². The molecule has 0 rings (SSSR count). The number of carbonyl (C=O) groups is 2. The first kappa shape index (κ1) is 14.9. The number of carboxylic acids is 1. The van der Waals surface area contributed by atoms with Crippen LogP contribution in [0, 0.1) is 5.92 Å². The van der Waals surface area contributed by atoms with E-state index in [9.17, 15) is 9.59 Å². The van der Waals surface area contributed by atoms with Gasteiger partial charge in [-0.1, -0.05) is 27.2 Å². The Morgan fingerprint density at radius 3 is 2.44 bits per heavy atom. The van der Waals surface area contributed by atoms with E-state index >= 15 is 0 Å². The molecule has 2 atom stereocenters. The van der Waals surface area contributed by atoms with Crippen molar-refractivity contribution < 1.29 is 19.4 Å². The van der Waals surface area contributed by atoms with Gasteiger partial charge in [-0.15, -0.1) is 0 Å². The first-order chi connectivity index (χ1) is 7.52. The summed E-state index contributed by atoms with van der Waals surface area (Å²) in [6, 6.07) is -0.831. The van der Waals surface area contributed by atoms with E-state index in [1.165, 1.54) is 0 Å². The van der Waals surface area contributed by atoms with Crippen molar-refractivity contribution in [3.05, 3.63) is 0 Å². The molecule has 0 fully saturated rings. The summed E-state index contributed by atoms with van der Waals surface area (Å²) in [4.78, 5) is 22.3. The van der Waals surface area contributed by atoms with Crippen molar-refractivity contribution in [3.8, 4) is 0 Å². The Labute approximate surface area is 96.2 Å². The van der Waals surface area contributed by atoms with Crippen LogP contribution in [0.4, 0.5) is 0 Å². The first-order valence-corrected chi connectivity index (χ1v) is 5.62. The Hall–Kier alpha value is -1.10. The Bertz CT molecular complexity index is 230. The number of hydrogen-bond acceptors (Lipinski definition) is 3. The highest BCUT2D eigenvalue weighted by atomic mass is 16.5. The molecule has 5 nitrogen and oxygen atoms in total. The standard InChI is InChI=1S/C11H21NO4/c1-4-6-16-7-9(13)12-10(11(14)15)8(3)5-2/h8,10H,4-7H2,1-3H3,(H,12,13)(H,14,15)/t8-,10-/m0/s1. The summed E-state index contributed by atoms with van der Waals surface area (Å²) < 4.78 is 5.03. The van der Waals surface area contributed by atoms with Crippen LogP contribution in [0.25, 0.3) is 0 Å². The molecular formula is C11H21NO4. The van der Waals surface area contributed by atoms with Crippen molar-refractivity contribution in [2.75, 3.05) is 13.2 Å². The Kier molecular flexibility index (Phi) is 7.54. The van der Waals surface area contributed by atoms with E-state index in [4.69, 9.17) is 9.84 Å². The van der Waals surface area contributed by atoms with E-state index in [-0.39, 0.29) is 18.4 Å². The normalized spacial score (nSPS) is 14.2. The highest BCUT2D eigenvalue weighted by Gasteiger charge is 2.24. The van der Waals surface area contributed by atoms with Gasteiger partial charge in [-0.3, -0.25) is 4.79 Å². The smallest absolute Gasteiger partial charge is 0.326 e. The number of aliphatic carboxylic acids is 1. The molecule has 0 aromatic rings. The number of ether oxygens (including phenoxy) is 1. The molecule has 0 unspecified atom stereocenters. The molecule has 0 saturated heterocycles. The van der Waals surface area contributed by atoms with Gasteiger partial charge in [0.05, 0.1) is 0 Å². The lowest BCUT2D eigenvalue weighted by atomic mass is 9.99. The van der Waals surface area contributed by atoms with Crippen LogP contribution >= 0.6 is 0 Å². The van der Waals surface area contributed by atoms with Crippen LogP contribution < -0.4 is 5.32 Å². The van der Waals surface area contributed by atoms with Crippen molar-refractivity contribution in [2.24, 2.45) is 5.92 Å². The number of amides is 1. The fourth-order valence-electron chi connectivity index (χ4n) is 1.21. The first-order valence-electron chi connectivity index (χ1n) is 5.62. The maximum absolute atomic E-state index is 11.4. The lowest BCUT2D eigenvalue weighted by Crippen LogP contribution is -2.46. The third-order valence-corrected chi connectivity index (χ3v) is 2.38. The summed E-state index contributed by atoms with van der Waals surface area (Å²) in [6.07, 6.45) is 1.54. The molecule has 0 saturated carbocycles. The maximum atomic E-state index is 11.4. The average Bonchev–Trinajstić information content (AvgIpc) is 2.25. The minimum Gasteiger partial charge on any atom is -0.480 e. The zero-order valence-electron chi connectivity index (χ0n) is 10.2. The molecule has 0 aromatic carbocycles. The molecule has 0 spiro atoms. The number of hydrogen-bond donors (Lipinski definition) is 2. The Morgan fingerprint density at radius 2 is 2.00 bits per heavy atom. The van der Waals surface area contributed by atoms with Crippen molar-refractivity contribution in [1.29, 1.82) is 0 Å². The molecule has 1 amide bonds. The van der Waals surface area contributed by atoms with E-state index in [2.05, 4.69) is 5.32 Å². The summed E-state index contributed by atoms with van der Waals surface area (Å²) in [5.41, 5.74) is 0. The molecule has 2 N–H and O–H groups in total. The molecule has 0 aliphatic heterocycles. The van der Waals surface area contributed by atoms with Gasteiger partial charge in [0.15, 0.2) is 0 Å². The largest absolute Gasteiger partial charge is 0.480 e. The zero-order chi connectivity index (χ0) is 12.6. The predicted molar refractivity (Wildman–Crippen MR) is 60.1 cm³/mol. The molecule has 94 valence electrons. The summed E-state index contributed by atoms with van der Waals surface area (Å²) in [7, 11) is 0. The van der Waals surface area contributed by atoms with Crippen molar-refractivity contribution in [2.45, 2.75) is 39.7 Å². The van der Waals surface area contributed by atoms with Gasteiger partial charge < -0.3 is 15.2 Å². The van der Waals surface area contributed by atoms with Crippen LogP contribution in [-0.2, 0) is 14.3 Å². The number of carbonyl (C=O) groups excluding carboxylic acids is 1. The zero-order valence-corrected chi connectivity index (χ0v) is 10.2. The maximum Gasteiger partial charge on any atom is 0.326 e. The molecule has 0 aliphatic rings. The number of nitrogens with one attached hydrogen (secondary N) is 1. The quantitative estimate of drug-likeness (QED) is 0.612. The second-order valence-electron chi connectivity index (χ2n) is 3.82. The average molecular weight is 231 g/mol. The summed E-state index contributed by atoms with van der Waals surface area (Å²) in [5.74, 6) is -1.47. The lowest BCUT2D eigenvalue weighted by molar-refractivity contribution is -0.144. The SMILES string of the molecule is CCCOCC(=O)N[C@H](C(=O)O)[C@@H](C)CC. The number of carboxylic acid groups (broad SMARTS) is 1. The second kappa shape index (κ2) is 8.10. The van der Waals surface area contributed by atoms with Crippen molar-refractivity contribution >= 4 is 11.9 Å². The molecule has 0 radical (unpaired) electrons. The third-order valence-electron chi connectivity index (χ3n) is 2.38. The van der Waals surface area contributed by atoms with E-state index in [0.29, 0.717) is 13.0 Å². The second-order valence-corrected chi connectivity index (χ2v) is 3.82. The Morgan fingerprint density at radius 1 is 1.38 bits per heavy atom. The van der Waals surface area contributed by atoms with Gasteiger partial charge in [-0.25, -0.2) is 4.79 Å². The minimum absolute atomic E-state index is 0.0753. The Balaban J connectivity index is 4.09. The van der Waals surface area contributed by atoms with Crippen LogP contribution in [0.2, 0.25) is 0 Å². The van der Waals surface area contributed by atoms with E-state index in [1.807, 2.05) is 13.8 Å². The van der Waals surface area contributed by atoms with E-state index in [0.717, 1.165) is 6.42 Å². The monoisotopic (exact) mass is 231 g/mol. The molecular weight excluding hydrogens is 210 g/mol. The summed E-state index contributed by atoms with van der Waals surface area (Å²) in [6.45, 7) is 6.06.